The van der Waals surface area contributed by atoms with Crippen LogP contribution in [-0.2, 0) is 4.74 Å². The Balaban J connectivity index is 2.03. The Morgan fingerprint density at radius 2 is 2.28 bits per heavy atom. The number of halogens is 1. The van der Waals surface area contributed by atoms with Crippen molar-refractivity contribution >= 4 is 11.6 Å². The maximum Gasteiger partial charge on any atom is 0.0586 e. The molecule has 18 heavy (non-hydrogen) atoms. The average Bonchev–Trinajstić information content (AvgIpc) is 2.74. The van der Waals surface area contributed by atoms with Crippen LogP contribution in [0.1, 0.15) is 37.7 Å². The van der Waals surface area contributed by atoms with Crippen LogP contribution in [0.3, 0.4) is 0 Å². The van der Waals surface area contributed by atoms with Crippen molar-refractivity contribution in [2.45, 2.75) is 44.3 Å². The Hall–Kier alpha value is -0.570. The predicted molar refractivity (Wildman–Crippen MR) is 76.3 cm³/mol. The van der Waals surface area contributed by atoms with Gasteiger partial charge in [0.1, 0.15) is 0 Å². The number of hydrogen-bond acceptors (Lipinski definition) is 2. The standard InChI is InChI=1S/C15H22ClNO/c1-11-6-7-15(18-11)9-13(10-17-2)12-4-3-5-14(16)8-12/h3-5,8,11,13,15,17H,6-7,9-10H2,1-2H3. The van der Waals surface area contributed by atoms with Crippen LogP contribution in [0.4, 0.5) is 0 Å². The first-order valence-corrected chi connectivity index (χ1v) is 7.12. The lowest BCUT2D eigenvalue weighted by molar-refractivity contribution is 0.0467. The van der Waals surface area contributed by atoms with Crippen molar-refractivity contribution in [3.63, 3.8) is 0 Å². The maximum absolute atomic E-state index is 6.08. The van der Waals surface area contributed by atoms with Crippen molar-refractivity contribution in [2.75, 3.05) is 13.6 Å². The van der Waals surface area contributed by atoms with Crippen molar-refractivity contribution in [3.05, 3.63) is 34.9 Å². The van der Waals surface area contributed by atoms with Gasteiger partial charge in [-0.05, 0) is 56.8 Å². The molecule has 1 aromatic rings. The topological polar surface area (TPSA) is 21.3 Å². The van der Waals surface area contributed by atoms with Gasteiger partial charge in [-0.25, -0.2) is 0 Å². The molecule has 1 aliphatic rings. The van der Waals surface area contributed by atoms with Gasteiger partial charge >= 0.3 is 0 Å². The Labute approximate surface area is 115 Å². The minimum atomic E-state index is 0.400. The van der Waals surface area contributed by atoms with E-state index in [1.54, 1.807) is 0 Å². The third kappa shape index (κ3) is 3.71. The van der Waals surface area contributed by atoms with Crippen LogP contribution in [-0.4, -0.2) is 25.8 Å². The van der Waals surface area contributed by atoms with Crippen LogP contribution >= 0.6 is 11.6 Å². The summed E-state index contributed by atoms with van der Waals surface area (Å²) < 4.78 is 5.93. The summed E-state index contributed by atoms with van der Waals surface area (Å²) in [5.74, 6) is 0.476. The highest BCUT2D eigenvalue weighted by Gasteiger charge is 2.25. The fraction of sp³-hybridized carbons (Fsp3) is 0.600. The van der Waals surface area contributed by atoms with E-state index in [0.717, 1.165) is 18.0 Å². The van der Waals surface area contributed by atoms with E-state index < -0.39 is 0 Å². The molecule has 1 aliphatic heterocycles. The van der Waals surface area contributed by atoms with Crippen LogP contribution in [0.25, 0.3) is 0 Å². The molecule has 1 fully saturated rings. The molecule has 0 bridgehead atoms. The lowest BCUT2D eigenvalue weighted by Gasteiger charge is -2.21. The second-order valence-electron chi connectivity index (χ2n) is 5.19. The van der Waals surface area contributed by atoms with Gasteiger partial charge in [-0.3, -0.25) is 0 Å². The molecular weight excluding hydrogens is 246 g/mol. The first-order valence-electron chi connectivity index (χ1n) is 6.74. The van der Waals surface area contributed by atoms with Gasteiger partial charge in [0.25, 0.3) is 0 Å². The molecule has 2 rings (SSSR count). The van der Waals surface area contributed by atoms with Crippen molar-refractivity contribution in [1.29, 1.82) is 0 Å². The molecule has 0 radical (unpaired) electrons. The third-order valence-electron chi connectivity index (χ3n) is 3.64. The second kappa shape index (κ2) is 6.55. The lowest BCUT2D eigenvalue weighted by atomic mass is 9.92. The average molecular weight is 268 g/mol. The van der Waals surface area contributed by atoms with E-state index in [2.05, 4.69) is 24.4 Å². The summed E-state index contributed by atoms with van der Waals surface area (Å²) >= 11 is 6.08. The SMILES string of the molecule is CNCC(CC1CCC(C)O1)c1cccc(Cl)c1. The number of ether oxygens (including phenoxy) is 1. The summed E-state index contributed by atoms with van der Waals surface area (Å²) in [6, 6.07) is 8.18. The van der Waals surface area contributed by atoms with E-state index in [1.807, 2.05) is 19.2 Å². The second-order valence-corrected chi connectivity index (χ2v) is 5.63. The van der Waals surface area contributed by atoms with Gasteiger partial charge in [0.15, 0.2) is 0 Å². The summed E-state index contributed by atoms with van der Waals surface area (Å²) in [7, 11) is 2.00. The van der Waals surface area contributed by atoms with E-state index in [1.165, 1.54) is 18.4 Å². The maximum atomic E-state index is 6.08. The molecule has 1 aromatic carbocycles. The largest absolute Gasteiger partial charge is 0.375 e. The van der Waals surface area contributed by atoms with E-state index in [4.69, 9.17) is 16.3 Å². The van der Waals surface area contributed by atoms with Crippen molar-refractivity contribution in [2.24, 2.45) is 0 Å². The molecule has 0 aromatic heterocycles. The van der Waals surface area contributed by atoms with Crippen molar-refractivity contribution < 1.29 is 4.74 Å². The molecule has 1 saturated heterocycles. The van der Waals surface area contributed by atoms with Gasteiger partial charge in [0.2, 0.25) is 0 Å². The summed E-state index contributed by atoms with van der Waals surface area (Å²) in [6.07, 6.45) is 4.27. The highest BCUT2D eigenvalue weighted by atomic mass is 35.5. The number of likely N-dealkylation sites (N-methyl/N-ethyl adjacent to an activating group) is 1. The molecule has 100 valence electrons. The van der Waals surface area contributed by atoms with Gasteiger partial charge in [-0.15, -0.1) is 0 Å². The monoisotopic (exact) mass is 267 g/mol. The Morgan fingerprint density at radius 3 is 2.89 bits per heavy atom. The molecular formula is C15H22ClNO. The zero-order chi connectivity index (χ0) is 13.0. The van der Waals surface area contributed by atoms with E-state index in [0.29, 0.717) is 18.1 Å². The van der Waals surface area contributed by atoms with E-state index in [9.17, 15) is 0 Å². The molecule has 3 atom stereocenters. The number of benzene rings is 1. The minimum Gasteiger partial charge on any atom is -0.375 e. The number of hydrogen-bond donors (Lipinski definition) is 1. The van der Waals surface area contributed by atoms with Crippen LogP contribution in [0.2, 0.25) is 5.02 Å². The first-order chi connectivity index (χ1) is 8.69. The van der Waals surface area contributed by atoms with Gasteiger partial charge in [0.05, 0.1) is 12.2 Å². The molecule has 2 nitrogen and oxygen atoms in total. The predicted octanol–water partition coefficient (Wildman–Crippen LogP) is 3.60. The fourth-order valence-electron chi connectivity index (χ4n) is 2.72. The molecule has 0 aliphatic carbocycles. The molecule has 0 amide bonds. The van der Waals surface area contributed by atoms with E-state index in [-0.39, 0.29) is 0 Å². The van der Waals surface area contributed by atoms with Crippen molar-refractivity contribution in [1.82, 2.24) is 5.32 Å². The zero-order valence-corrected chi connectivity index (χ0v) is 11.9. The van der Waals surface area contributed by atoms with Crippen LogP contribution in [0.5, 0.6) is 0 Å². The Bertz CT molecular complexity index is 383. The first kappa shape index (κ1) is 13.9. The van der Waals surface area contributed by atoms with Crippen LogP contribution in [0, 0.1) is 0 Å². The molecule has 0 spiro atoms. The minimum absolute atomic E-state index is 0.400. The Morgan fingerprint density at radius 1 is 1.44 bits per heavy atom. The molecule has 3 heteroatoms. The normalized spacial score (nSPS) is 25.3. The van der Waals surface area contributed by atoms with E-state index >= 15 is 0 Å². The molecule has 1 N–H and O–H groups in total. The zero-order valence-electron chi connectivity index (χ0n) is 11.2. The molecule has 0 saturated carbocycles. The smallest absolute Gasteiger partial charge is 0.0586 e. The quantitative estimate of drug-likeness (QED) is 0.880. The number of rotatable bonds is 5. The van der Waals surface area contributed by atoms with Crippen LogP contribution < -0.4 is 5.32 Å². The lowest BCUT2D eigenvalue weighted by Crippen LogP contribution is -2.22. The van der Waals surface area contributed by atoms with Crippen LogP contribution in [0.15, 0.2) is 24.3 Å². The summed E-state index contributed by atoms with van der Waals surface area (Å²) in [5.41, 5.74) is 1.31. The van der Waals surface area contributed by atoms with Gasteiger partial charge in [0, 0.05) is 11.6 Å². The highest BCUT2D eigenvalue weighted by molar-refractivity contribution is 6.30. The third-order valence-corrected chi connectivity index (χ3v) is 3.87. The Kier molecular flexibility index (Phi) is 5.04. The summed E-state index contributed by atoms with van der Waals surface area (Å²) in [5, 5.41) is 4.09. The molecule has 1 heterocycles. The highest BCUT2D eigenvalue weighted by Crippen LogP contribution is 2.30. The molecule has 3 unspecified atom stereocenters. The summed E-state index contributed by atoms with van der Waals surface area (Å²) in [6.45, 7) is 3.13. The fourth-order valence-corrected chi connectivity index (χ4v) is 2.92. The van der Waals surface area contributed by atoms with Gasteiger partial charge in [-0.1, -0.05) is 23.7 Å². The number of nitrogens with one attached hydrogen (secondary N) is 1. The van der Waals surface area contributed by atoms with Crippen molar-refractivity contribution in [3.8, 4) is 0 Å². The van der Waals surface area contributed by atoms with Gasteiger partial charge < -0.3 is 10.1 Å². The van der Waals surface area contributed by atoms with Gasteiger partial charge in [-0.2, -0.15) is 0 Å². The summed E-state index contributed by atoms with van der Waals surface area (Å²) in [4.78, 5) is 0.